The molecule has 2 N–H and O–H groups in total. The Hall–Kier alpha value is -2.05. The lowest BCUT2D eigenvalue weighted by atomic mass is 10.1. The van der Waals surface area contributed by atoms with E-state index in [1.165, 1.54) is 18.4 Å². The van der Waals surface area contributed by atoms with E-state index in [1.807, 2.05) is 4.90 Å². The minimum absolute atomic E-state index is 0.0160. The zero-order valence-corrected chi connectivity index (χ0v) is 16.7. The molecule has 0 aliphatic carbocycles. The van der Waals surface area contributed by atoms with Crippen LogP contribution in [0.15, 0.2) is 6.20 Å². The molecule has 2 atom stereocenters. The standard InChI is InChI=1S/C15H24FN5O3S.CH2O2/c1-20(2)25(22,23)10-11-8-24-9-13(11)18-15-17-7-12(16)14(19-15)21-5-3-4-6-21;2-1-3/h7,11,13H,3-6,8-10H2,1-2H3,(H,17,18,19);1H,(H,2,3)/t11-,13-;/m0./s1. The van der Waals surface area contributed by atoms with Crippen LogP contribution in [0.4, 0.5) is 16.2 Å². The van der Waals surface area contributed by atoms with Crippen LogP contribution >= 0.6 is 0 Å². The number of rotatable bonds is 6. The SMILES string of the molecule is CN(C)S(=O)(=O)C[C@@H]1COC[C@@H]1Nc1ncc(F)c(N2CCCC2)n1.O=CO. The highest BCUT2D eigenvalue weighted by Gasteiger charge is 2.34. The lowest BCUT2D eigenvalue weighted by Crippen LogP contribution is -2.37. The van der Waals surface area contributed by atoms with Gasteiger partial charge in [0, 0.05) is 33.1 Å². The molecule has 2 aliphatic rings. The van der Waals surface area contributed by atoms with E-state index >= 15 is 0 Å². The third-order valence-electron chi connectivity index (χ3n) is 4.63. The number of halogens is 1. The van der Waals surface area contributed by atoms with Crippen LogP contribution in [0.5, 0.6) is 0 Å². The van der Waals surface area contributed by atoms with Crippen molar-refractivity contribution in [3.63, 3.8) is 0 Å². The predicted molar refractivity (Wildman–Crippen MR) is 101 cm³/mol. The van der Waals surface area contributed by atoms with Crippen molar-refractivity contribution in [2.75, 3.05) is 56.4 Å². The molecule has 158 valence electrons. The maximum atomic E-state index is 14.0. The monoisotopic (exact) mass is 419 g/mol. The van der Waals surface area contributed by atoms with Crippen molar-refractivity contribution >= 4 is 28.3 Å². The molecule has 10 nitrogen and oxygen atoms in total. The van der Waals surface area contributed by atoms with Gasteiger partial charge in [-0.2, -0.15) is 4.98 Å². The summed E-state index contributed by atoms with van der Waals surface area (Å²) >= 11 is 0. The van der Waals surface area contributed by atoms with Gasteiger partial charge in [0.05, 0.1) is 31.2 Å². The first-order valence-corrected chi connectivity index (χ1v) is 10.5. The molecular weight excluding hydrogens is 393 g/mol. The van der Waals surface area contributed by atoms with Gasteiger partial charge in [-0.3, -0.25) is 4.79 Å². The average molecular weight is 419 g/mol. The number of carbonyl (C=O) groups is 1. The molecule has 0 unspecified atom stereocenters. The molecule has 12 heteroatoms. The summed E-state index contributed by atoms with van der Waals surface area (Å²) in [6, 6.07) is -0.230. The van der Waals surface area contributed by atoms with Crippen LogP contribution in [0.3, 0.4) is 0 Å². The number of carboxylic acid groups (broad SMARTS) is 1. The van der Waals surface area contributed by atoms with Gasteiger partial charge in [-0.1, -0.05) is 0 Å². The van der Waals surface area contributed by atoms with E-state index in [4.69, 9.17) is 14.6 Å². The van der Waals surface area contributed by atoms with Crippen LogP contribution in [-0.2, 0) is 19.6 Å². The van der Waals surface area contributed by atoms with Gasteiger partial charge in [-0.15, -0.1) is 0 Å². The smallest absolute Gasteiger partial charge is 0.290 e. The summed E-state index contributed by atoms with van der Waals surface area (Å²) in [6.45, 7) is 2.03. The van der Waals surface area contributed by atoms with Crippen LogP contribution in [0.25, 0.3) is 0 Å². The summed E-state index contributed by atoms with van der Waals surface area (Å²) in [5.74, 6) is -0.0757. The molecule has 0 radical (unpaired) electrons. The fraction of sp³-hybridized carbons (Fsp3) is 0.688. The second kappa shape index (κ2) is 9.94. The molecule has 0 saturated carbocycles. The van der Waals surface area contributed by atoms with E-state index in [9.17, 15) is 12.8 Å². The summed E-state index contributed by atoms with van der Waals surface area (Å²) < 4.78 is 44.9. The quantitative estimate of drug-likeness (QED) is 0.624. The van der Waals surface area contributed by atoms with E-state index in [1.54, 1.807) is 0 Å². The van der Waals surface area contributed by atoms with Crippen molar-refractivity contribution < 1.29 is 27.4 Å². The number of hydrogen-bond acceptors (Lipinski definition) is 8. The molecule has 1 aromatic heterocycles. The zero-order valence-electron chi connectivity index (χ0n) is 15.9. The second-order valence-electron chi connectivity index (χ2n) is 6.77. The Morgan fingerprint density at radius 2 is 2.04 bits per heavy atom. The molecule has 3 heterocycles. The lowest BCUT2D eigenvalue weighted by Gasteiger charge is -2.22. The second-order valence-corrected chi connectivity index (χ2v) is 9.00. The third-order valence-corrected chi connectivity index (χ3v) is 6.59. The third kappa shape index (κ3) is 5.72. The van der Waals surface area contributed by atoms with Crippen molar-refractivity contribution in [1.82, 2.24) is 14.3 Å². The topological polar surface area (TPSA) is 125 Å². The highest BCUT2D eigenvalue weighted by Crippen LogP contribution is 2.24. The summed E-state index contributed by atoms with van der Waals surface area (Å²) in [5, 5.41) is 10.0. The van der Waals surface area contributed by atoms with Crippen molar-refractivity contribution in [2.24, 2.45) is 5.92 Å². The van der Waals surface area contributed by atoms with E-state index < -0.39 is 15.8 Å². The Morgan fingerprint density at radius 3 is 2.64 bits per heavy atom. The first kappa shape index (κ1) is 22.2. The summed E-state index contributed by atoms with van der Waals surface area (Å²) in [5.41, 5.74) is 0. The number of hydrogen-bond donors (Lipinski definition) is 2. The molecule has 3 rings (SSSR count). The highest BCUT2D eigenvalue weighted by molar-refractivity contribution is 7.89. The molecular formula is C16H26FN5O5S. The number of nitrogens with one attached hydrogen (secondary N) is 1. The summed E-state index contributed by atoms with van der Waals surface area (Å²) in [6.07, 6.45) is 3.20. The Balaban J connectivity index is 0.000000878. The van der Waals surface area contributed by atoms with Gasteiger partial charge in [0.2, 0.25) is 16.0 Å². The minimum atomic E-state index is -3.33. The van der Waals surface area contributed by atoms with Gasteiger partial charge >= 0.3 is 0 Å². The van der Waals surface area contributed by atoms with Gasteiger partial charge in [0.25, 0.3) is 6.47 Å². The van der Waals surface area contributed by atoms with Crippen LogP contribution < -0.4 is 10.2 Å². The number of ether oxygens (including phenoxy) is 1. The fourth-order valence-electron chi connectivity index (χ4n) is 3.09. The van der Waals surface area contributed by atoms with E-state index in [-0.39, 0.29) is 24.2 Å². The normalized spacial score (nSPS) is 22.1. The maximum absolute atomic E-state index is 14.0. The molecule has 0 aromatic carbocycles. The van der Waals surface area contributed by atoms with Gasteiger partial charge in [0.15, 0.2) is 11.6 Å². The lowest BCUT2D eigenvalue weighted by molar-refractivity contribution is -0.122. The number of anilines is 2. The predicted octanol–water partition coefficient (Wildman–Crippen LogP) is 0.235. The van der Waals surface area contributed by atoms with E-state index in [0.717, 1.165) is 32.1 Å². The minimum Gasteiger partial charge on any atom is -0.483 e. The fourth-order valence-corrected chi connectivity index (χ4v) is 4.25. The van der Waals surface area contributed by atoms with Crippen molar-refractivity contribution in [2.45, 2.75) is 18.9 Å². The highest BCUT2D eigenvalue weighted by atomic mass is 32.2. The molecule has 0 spiro atoms. The largest absolute Gasteiger partial charge is 0.483 e. The van der Waals surface area contributed by atoms with Crippen LogP contribution in [0.2, 0.25) is 0 Å². The Kier molecular flexibility index (Phi) is 7.89. The van der Waals surface area contributed by atoms with Crippen molar-refractivity contribution in [1.29, 1.82) is 0 Å². The molecule has 28 heavy (non-hydrogen) atoms. The first-order valence-electron chi connectivity index (χ1n) is 8.88. The van der Waals surface area contributed by atoms with Crippen molar-refractivity contribution in [3.05, 3.63) is 12.0 Å². The summed E-state index contributed by atoms with van der Waals surface area (Å²) in [7, 11) is -0.305. The number of nitrogens with zero attached hydrogens (tertiary/aromatic N) is 4. The Labute approximate surface area is 163 Å². The molecule has 2 saturated heterocycles. The summed E-state index contributed by atoms with van der Waals surface area (Å²) in [4.78, 5) is 18.6. The molecule has 0 bridgehead atoms. The van der Waals surface area contributed by atoms with Gasteiger partial charge in [-0.25, -0.2) is 22.1 Å². The Bertz CT molecular complexity index is 758. The van der Waals surface area contributed by atoms with Gasteiger partial charge in [0.1, 0.15) is 0 Å². The van der Waals surface area contributed by atoms with Gasteiger partial charge in [-0.05, 0) is 12.8 Å². The van der Waals surface area contributed by atoms with Crippen LogP contribution in [0, 0.1) is 11.7 Å². The molecule has 2 aliphatic heterocycles. The maximum Gasteiger partial charge on any atom is 0.290 e. The molecule has 2 fully saturated rings. The average Bonchev–Trinajstić information content (AvgIpc) is 3.29. The van der Waals surface area contributed by atoms with E-state index in [0.29, 0.717) is 25.0 Å². The van der Waals surface area contributed by atoms with Gasteiger partial charge < -0.3 is 20.1 Å². The Morgan fingerprint density at radius 1 is 1.39 bits per heavy atom. The van der Waals surface area contributed by atoms with Crippen molar-refractivity contribution in [3.8, 4) is 0 Å². The van der Waals surface area contributed by atoms with Crippen LogP contribution in [-0.4, -0.2) is 86.5 Å². The molecule has 1 aromatic rings. The van der Waals surface area contributed by atoms with E-state index in [2.05, 4.69) is 15.3 Å². The van der Waals surface area contributed by atoms with Crippen LogP contribution in [0.1, 0.15) is 12.8 Å². The first-order chi connectivity index (χ1) is 13.3. The number of aromatic nitrogens is 2. The number of sulfonamides is 1. The molecule has 0 amide bonds. The zero-order chi connectivity index (χ0) is 20.7.